The van der Waals surface area contributed by atoms with Gasteiger partial charge in [0, 0.05) is 22.9 Å². The molecule has 4 aromatic rings. The standard InChI is InChI=1S/C24H23FN4O2S/c1-16(2)22-27-28-24(29(22)19-11-9-18(25)10-12-19)32-15-17-6-3-4-8-21(17)23(30)26-14-20-7-5-13-31-20/h3-13,16H,14-15H2,1-2H3,(H,26,30). The highest BCUT2D eigenvalue weighted by molar-refractivity contribution is 7.98. The minimum absolute atomic E-state index is 0.140. The van der Waals surface area contributed by atoms with Gasteiger partial charge in [-0.05, 0) is 48.0 Å². The van der Waals surface area contributed by atoms with Crippen molar-refractivity contribution in [2.45, 2.75) is 37.2 Å². The van der Waals surface area contributed by atoms with Crippen LogP contribution in [0.5, 0.6) is 0 Å². The summed E-state index contributed by atoms with van der Waals surface area (Å²) >= 11 is 1.48. The largest absolute Gasteiger partial charge is 0.467 e. The highest BCUT2D eigenvalue weighted by atomic mass is 32.2. The van der Waals surface area contributed by atoms with E-state index >= 15 is 0 Å². The molecule has 0 aliphatic carbocycles. The highest BCUT2D eigenvalue weighted by Crippen LogP contribution is 2.29. The molecule has 4 rings (SSSR count). The predicted octanol–water partition coefficient (Wildman–Crippen LogP) is 5.35. The number of nitrogens with one attached hydrogen (secondary N) is 1. The van der Waals surface area contributed by atoms with Crippen molar-refractivity contribution in [3.05, 3.63) is 95.5 Å². The molecule has 0 atom stereocenters. The van der Waals surface area contributed by atoms with E-state index in [2.05, 4.69) is 15.5 Å². The lowest BCUT2D eigenvalue weighted by Crippen LogP contribution is -2.23. The van der Waals surface area contributed by atoms with Gasteiger partial charge in [-0.25, -0.2) is 4.39 Å². The lowest BCUT2D eigenvalue weighted by atomic mass is 10.1. The molecular formula is C24H23FN4O2S. The van der Waals surface area contributed by atoms with Crippen molar-refractivity contribution in [3.63, 3.8) is 0 Å². The third kappa shape index (κ3) is 4.91. The van der Waals surface area contributed by atoms with Gasteiger partial charge in [0.1, 0.15) is 17.4 Å². The Morgan fingerprint density at radius 1 is 1.09 bits per heavy atom. The molecule has 0 saturated heterocycles. The lowest BCUT2D eigenvalue weighted by molar-refractivity contribution is 0.0947. The van der Waals surface area contributed by atoms with Crippen LogP contribution in [-0.4, -0.2) is 20.7 Å². The van der Waals surface area contributed by atoms with E-state index in [0.717, 1.165) is 17.1 Å². The molecule has 0 aliphatic heterocycles. The van der Waals surface area contributed by atoms with Crippen molar-refractivity contribution in [1.82, 2.24) is 20.1 Å². The topological polar surface area (TPSA) is 73.0 Å². The summed E-state index contributed by atoms with van der Waals surface area (Å²) in [6.07, 6.45) is 1.58. The summed E-state index contributed by atoms with van der Waals surface area (Å²) in [4.78, 5) is 12.8. The van der Waals surface area contributed by atoms with E-state index in [0.29, 0.717) is 28.8 Å². The Kier molecular flexibility index (Phi) is 6.70. The number of amides is 1. The Hall–Kier alpha value is -3.39. The molecule has 8 heteroatoms. The fourth-order valence-corrected chi connectivity index (χ4v) is 4.23. The molecule has 2 heterocycles. The summed E-state index contributed by atoms with van der Waals surface area (Å²) in [6.45, 7) is 4.40. The van der Waals surface area contributed by atoms with Crippen molar-refractivity contribution in [3.8, 4) is 5.69 Å². The van der Waals surface area contributed by atoms with Crippen molar-refractivity contribution < 1.29 is 13.6 Å². The van der Waals surface area contributed by atoms with Crippen molar-refractivity contribution >= 4 is 17.7 Å². The fraction of sp³-hybridized carbons (Fsp3) is 0.208. The average Bonchev–Trinajstić information content (AvgIpc) is 3.47. The van der Waals surface area contributed by atoms with Gasteiger partial charge in [-0.2, -0.15) is 0 Å². The Bertz CT molecular complexity index is 1190. The maximum Gasteiger partial charge on any atom is 0.251 e. The summed E-state index contributed by atoms with van der Waals surface area (Å²) < 4.78 is 20.7. The maximum absolute atomic E-state index is 13.4. The quantitative estimate of drug-likeness (QED) is 0.367. The maximum atomic E-state index is 13.4. The molecule has 1 amide bonds. The van der Waals surface area contributed by atoms with Gasteiger partial charge in [0.05, 0.1) is 12.8 Å². The van der Waals surface area contributed by atoms with Crippen LogP contribution < -0.4 is 5.32 Å². The van der Waals surface area contributed by atoms with Gasteiger partial charge in [0.25, 0.3) is 5.91 Å². The molecule has 0 unspecified atom stereocenters. The van der Waals surface area contributed by atoms with E-state index in [9.17, 15) is 9.18 Å². The number of carbonyl (C=O) groups is 1. The van der Waals surface area contributed by atoms with E-state index in [4.69, 9.17) is 4.42 Å². The van der Waals surface area contributed by atoms with E-state index in [-0.39, 0.29) is 17.6 Å². The molecule has 6 nitrogen and oxygen atoms in total. The van der Waals surface area contributed by atoms with Crippen LogP contribution in [0.2, 0.25) is 0 Å². The number of rotatable bonds is 8. The second-order valence-electron chi connectivity index (χ2n) is 7.52. The first-order chi connectivity index (χ1) is 15.5. The number of carbonyl (C=O) groups excluding carboxylic acids is 1. The minimum Gasteiger partial charge on any atom is -0.467 e. The first-order valence-electron chi connectivity index (χ1n) is 10.3. The van der Waals surface area contributed by atoms with Crippen molar-refractivity contribution in [2.24, 2.45) is 0 Å². The lowest BCUT2D eigenvalue weighted by Gasteiger charge is -2.13. The van der Waals surface area contributed by atoms with Crippen LogP contribution in [0.25, 0.3) is 5.69 Å². The second-order valence-corrected chi connectivity index (χ2v) is 8.46. The molecule has 32 heavy (non-hydrogen) atoms. The number of hydrogen-bond acceptors (Lipinski definition) is 5. The van der Waals surface area contributed by atoms with Gasteiger partial charge in [-0.3, -0.25) is 9.36 Å². The average molecular weight is 451 g/mol. The molecule has 0 bridgehead atoms. The van der Waals surface area contributed by atoms with Crippen LogP contribution in [0.15, 0.2) is 76.5 Å². The van der Waals surface area contributed by atoms with Crippen LogP contribution in [0.1, 0.15) is 47.3 Å². The van der Waals surface area contributed by atoms with Crippen molar-refractivity contribution in [2.75, 3.05) is 0 Å². The number of aromatic nitrogens is 3. The monoisotopic (exact) mass is 450 g/mol. The van der Waals surface area contributed by atoms with Crippen LogP contribution in [0.4, 0.5) is 4.39 Å². The van der Waals surface area contributed by atoms with Crippen LogP contribution in [-0.2, 0) is 12.3 Å². The van der Waals surface area contributed by atoms with Gasteiger partial charge in [-0.15, -0.1) is 10.2 Å². The molecule has 0 spiro atoms. The van der Waals surface area contributed by atoms with Crippen LogP contribution >= 0.6 is 11.8 Å². The summed E-state index contributed by atoms with van der Waals surface area (Å²) in [5.74, 6) is 1.70. The van der Waals surface area contributed by atoms with E-state index in [1.54, 1.807) is 30.5 Å². The summed E-state index contributed by atoms with van der Waals surface area (Å²) in [5, 5.41) is 12.3. The molecule has 0 radical (unpaired) electrons. The zero-order valence-corrected chi connectivity index (χ0v) is 18.6. The van der Waals surface area contributed by atoms with Crippen LogP contribution in [0, 0.1) is 5.82 Å². The summed E-state index contributed by atoms with van der Waals surface area (Å²) in [5.41, 5.74) is 2.28. The third-order valence-electron chi connectivity index (χ3n) is 4.88. The zero-order valence-electron chi connectivity index (χ0n) is 17.8. The van der Waals surface area contributed by atoms with Gasteiger partial charge in [0.15, 0.2) is 5.16 Å². The first kappa shape index (κ1) is 21.8. The van der Waals surface area contributed by atoms with Gasteiger partial charge in [0.2, 0.25) is 0 Å². The predicted molar refractivity (Wildman–Crippen MR) is 121 cm³/mol. The zero-order chi connectivity index (χ0) is 22.5. The number of nitrogens with zero attached hydrogens (tertiary/aromatic N) is 3. The Balaban J connectivity index is 1.54. The summed E-state index contributed by atoms with van der Waals surface area (Å²) in [6, 6.07) is 17.4. The normalized spacial score (nSPS) is 11.1. The van der Waals surface area contributed by atoms with E-state index < -0.39 is 0 Å². The van der Waals surface area contributed by atoms with E-state index in [1.807, 2.05) is 42.7 Å². The first-order valence-corrected chi connectivity index (χ1v) is 11.2. The number of halogens is 1. The molecule has 2 aromatic heterocycles. The SMILES string of the molecule is CC(C)c1nnc(SCc2ccccc2C(=O)NCc2ccco2)n1-c1ccc(F)cc1. The molecule has 0 aliphatic rings. The van der Waals surface area contributed by atoms with Crippen LogP contribution in [0.3, 0.4) is 0 Å². The Morgan fingerprint density at radius 3 is 2.59 bits per heavy atom. The smallest absolute Gasteiger partial charge is 0.251 e. The van der Waals surface area contributed by atoms with E-state index in [1.165, 1.54) is 23.9 Å². The Morgan fingerprint density at radius 2 is 1.88 bits per heavy atom. The molecular weight excluding hydrogens is 427 g/mol. The van der Waals surface area contributed by atoms with Gasteiger partial charge in [-0.1, -0.05) is 43.8 Å². The molecule has 0 saturated carbocycles. The third-order valence-corrected chi connectivity index (χ3v) is 5.86. The molecule has 2 aromatic carbocycles. The second kappa shape index (κ2) is 9.82. The molecule has 1 N–H and O–H groups in total. The minimum atomic E-state index is -0.295. The highest BCUT2D eigenvalue weighted by Gasteiger charge is 2.18. The number of hydrogen-bond donors (Lipinski definition) is 1. The molecule has 164 valence electrons. The fourth-order valence-electron chi connectivity index (χ4n) is 3.27. The van der Waals surface area contributed by atoms with Gasteiger partial charge < -0.3 is 9.73 Å². The van der Waals surface area contributed by atoms with Gasteiger partial charge >= 0.3 is 0 Å². The Labute approximate surface area is 189 Å². The molecule has 0 fully saturated rings. The summed E-state index contributed by atoms with van der Waals surface area (Å²) in [7, 11) is 0. The van der Waals surface area contributed by atoms with Crippen molar-refractivity contribution in [1.29, 1.82) is 0 Å². The number of thioether (sulfide) groups is 1. The number of furan rings is 1. The number of benzene rings is 2.